The molecular weight excluding hydrogens is 790 g/mol. The van der Waals surface area contributed by atoms with Gasteiger partial charge in [0, 0.05) is 30.7 Å². The molecule has 3 aliphatic carbocycles. The fourth-order valence-electron chi connectivity index (χ4n) is 10.1. The van der Waals surface area contributed by atoms with Crippen molar-refractivity contribution in [3.05, 3.63) is 119 Å². The number of ketones is 1. The van der Waals surface area contributed by atoms with Crippen LogP contribution in [0.2, 0.25) is 0 Å². The van der Waals surface area contributed by atoms with Crippen LogP contribution in [0.4, 0.5) is 0 Å². The molecule has 15 nitrogen and oxygen atoms in total. The zero-order chi connectivity index (χ0) is 44.1. The van der Waals surface area contributed by atoms with Crippen LogP contribution < -0.4 is 5.32 Å². The van der Waals surface area contributed by atoms with Gasteiger partial charge in [0.05, 0.1) is 35.6 Å². The van der Waals surface area contributed by atoms with Gasteiger partial charge in [-0.1, -0.05) is 80.6 Å². The Bertz CT molecular complexity index is 2230. The number of esters is 3. The summed E-state index contributed by atoms with van der Waals surface area (Å²) in [7, 11) is 0. The van der Waals surface area contributed by atoms with E-state index in [-0.39, 0.29) is 41.8 Å². The molecule has 15 heteroatoms. The van der Waals surface area contributed by atoms with Crippen molar-refractivity contribution in [1.29, 1.82) is 0 Å². The molecule has 61 heavy (non-hydrogen) atoms. The van der Waals surface area contributed by atoms with E-state index in [1.54, 1.807) is 92.7 Å². The molecule has 1 aliphatic heterocycles. The van der Waals surface area contributed by atoms with Crippen molar-refractivity contribution in [2.24, 2.45) is 16.7 Å². The topological polar surface area (TPSA) is 221 Å². The summed E-state index contributed by atoms with van der Waals surface area (Å²) in [6, 6.07) is 22.9. The van der Waals surface area contributed by atoms with Crippen LogP contribution in [-0.4, -0.2) is 106 Å². The Morgan fingerprint density at radius 2 is 1.49 bits per heavy atom. The number of aliphatic hydroxyl groups is 3. The minimum atomic E-state index is -2.38. The standard InChI is InChI=1S/C46H49NO14/c1-25-30(59-42(55)35(51)34(27-15-9-6-10-16-27)47-40(53)28-17-11-7-12-18-28)22-46(56)39(60-41(54)29-19-13-8-14-20-29)37-44(5,38(52)36(58-24-48)33(25)43(46,3)4)31(50)21-32-45(37,23-57-32)61-26(2)49/h6-20,24,30-32,34-37,39,50-51,56H,21-23H2,1-5H3,(H,47,53)/t30-,31-,32+,34-,35+,36+,37-,39-,44+,45-,46+/m0/s1. The van der Waals surface area contributed by atoms with Crippen molar-refractivity contribution in [3.8, 4) is 0 Å². The Morgan fingerprint density at radius 3 is 2.05 bits per heavy atom. The molecule has 0 spiro atoms. The van der Waals surface area contributed by atoms with Gasteiger partial charge >= 0.3 is 17.9 Å². The van der Waals surface area contributed by atoms with Crippen LogP contribution in [-0.2, 0) is 42.9 Å². The van der Waals surface area contributed by atoms with E-state index in [4.69, 9.17) is 23.7 Å². The lowest BCUT2D eigenvalue weighted by molar-refractivity contribution is -0.346. The number of carbonyl (C=O) groups is 6. The van der Waals surface area contributed by atoms with Crippen LogP contribution in [0.5, 0.6) is 0 Å². The lowest BCUT2D eigenvalue weighted by atomic mass is 9.44. The van der Waals surface area contributed by atoms with Gasteiger partial charge in [0.25, 0.3) is 12.4 Å². The summed E-state index contributed by atoms with van der Waals surface area (Å²) < 4.78 is 29.9. The number of rotatable bonds is 11. The highest BCUT2D eigenvalue weighted by atomic mass is 16.6. The number of hydrogen-bond donors (Lipinski definition) is 4. The summed E-state index contributed by atoms with van der Waals surface area (Å²) in [6.45, 7) is 6.90. The molecular formula is C46H49NO14. The molecule has 322 valence electrons. The minimum absolute atomic E-state index is 0.0104. The second kappa shape index (κ2) is 16.3. The summed E-state index contributed by atoms with van der Waals surface area (Å²) in [5.74, 6) is -5.95. The number of benzene rings is 3. The van der Waals surface area contributed by atoms with E-state index in [0.29, 0.717) is 5.56 Å². The fourth-order valence-corrected chi connectivity index (χ4v) is 10.1. The summed E-state index contributed by atoms with van der Waals surface area (Å²) in [6.07, 6.45) is -10.5. The first-order chi connectivity index (χ1) is 28.9. The summed E-state index contributed by atoms with van der Waals surface area (Å²) in [5.41, 5.74) is -7.01. The molecule has 2 bridgehead atoms. The van der Waals surface area contributed by atoms with Gasteiger partial charge in [-0.25, -0.2) is 9.59 Å². The van der Waals surface area contributed by atoms with Gasteiger partial charge in [0.15, 0.2) is 23.6 Å². The molecule has 0 aromatic heterocycles. The smallest absolute Gasteiger partial charge is 0.338 e. The molecule has 3 aromatic carbocycles. The van der Waals surface area contributed by atoms with E-state index in [2.05, 4.69) is 5.32 Å². The van der Waals surface area contributed by atoms with Crippen molar-refractivity contribution in [2.75, 3.05) is 6.61 Å². The normalized spacial score (nSPS) is 32.2. The average Bonchev–Trinajstić information content (AvgIpc) is 3.24. The van der Waals surface area contributed by atoms with Crippen molar-refractivity contribution < 1.29 is 67.8 Å². The summed E-state index contributed by atoms with van der Waals surface area (Å²) >= 11 is 0. The zero-order valence-corrected chi connectivity index (χ0v) is 34.3. The Balaban J connectivity index is 1.37. The van der Waals surface area contributed by atoms with Gasteiger partial charge in [0.2, 0.25) is 0 Å². The molecule has 0 unspecified atom stereocenters. The minimum Gasteiger partial charge on any atom is -0.456 e. The van der Waals surface area contributed by atoms with Gasteiger partial charge < -0.3 is 44.3 Å². The molecule has 2 saturated carbocycles. The molecule has 4 aliphatic rings. The first kappa shape index (κ1) is 43.4. The van der Waals surface area contributed by atoms with E-state index in [1.807, 2.05) is 0 Å². The highest BCUT2D eigenvalue weighted by Gasteiger charge is 2.78. The van der Waals surface area contributed by atoms with Crippen molar-refractivity contribution >= 4 is 36.1 Å². The zero-order valence-electron chi connectivity index (χ0n) is 34.3. The molecule has 7 rings (SSSR count). The van der Waals surface area contributed by atoms with E-state index >= 15 is 4.79 Å². The van der Waals surface area contributed by atoms with E-state index in [1.165, 1.54) is 26.0 Å². The van der Waals surface area contributed by atoms with Crippen LogP contribution in [0.15, 0.2) is 102 Å². The fraction of sp³-hybridized carbons (Fsp3) is 0.435. The molecule has 3 aromatic rings. The number of aliphatic hydroxyl groups excluding tert-OH is 2. The number of hydrogen-bond acceptors (Lipinski definition) is 14. The number of fused-ring (bicyclic) bond motifs is 5. The molecule has 1 saturated heterocycles. The van der Waals surface area contributed by atoms with Crippen LogP contribution in [0, 0.1) is 16.7 Å². The van der Waals surface area contributed by atoms with Crippen molar-refractivity contribution in [3.63, 3.8) is 0 Å². The summed E-state index contributed by atoms with van der Waals surface area (Å²) in [5, 5.41) is 40.1. The SMILES string of the molecule is CC(=O)O[C@@]12CO[C@@H]1C[C@H](O)[C@@]1(C)C(=O)[C@H](OC=O)C3=C(C)[C@@H](OC(=O)[C@H](O)[C@@H](NC(=O)c4ccccc4)c4ccccc4)C[C@@](O)([C@@H](OC(=O)c4ccccc4)[C@H]21)C3(C)C. The quantitative estimate of drug-likeness (QED) is 0.0942. The largest absolute Gasteiger partial charge is 0.456 e. The van der Waals surface area contributed by atoms with Gasteiger partial charge in [-0.3, -0.25) is 19.2 Å². The molecule has 0 radical (unpaired) electrons. The highest BCUT2D eigenvalue weighted by Crippen LogP contribution is 2.64. The lowest BCUT2D eigenvalue weighted by Gasteiger charge is -2.67. The maximum atomic E-state index is 15.3. The Labute approximate surface area is 352 Å². The monoisotopic (exact) mass is 839 g/mol. The number of amides is 1. The van der Waals surface area contributed by atoms with E-state index < -0.39 is 107 Å². The van der Waals surface area contributed by atoms with Crippen LogP contribution >= 0.6 is 0 Å². The predicted molar refractivity (Wildman–Crippen MR) is 213 cm³/mol. The number of ether oxygens (including phenoxy) is 5. The number of Topliss-reactive ketones (excluding diaryl/α,β-unsaturated/α-hetero) is 1. The Kier molecular flexibility index (Phi) is 11.6. The second-order valence-electron chi connectivity index (χ2n) is 17.0. The highest BCUT2D eigenvalue weighted by molar-refractivity contribution is 5.96. The molecule has 1 heterocycles. The Morgan fingerprint density at radius 1 is 0.902 bits per heavy atom. The first-order valence-electron chi connectivity index (χ1n) is 20.0. The third-order valence-corrected chi connectivity index (χ3v) is 13.4. The molecule has 1 amide bonds. The van der Waals surface area contributed by atoms with E-state index in [9.17, 15) is 39.3 Å². The third kappa shape index (κ3) is 7.12. The third-order valence-electron chi connectivity index (χ3n) is 13.4. The van der Waals surface area contributed by atoms with Crippen LogP contribution in [0.3, 0.4) is 0 Å². The van der Waals surface area contributed by atoms with E-state index in [0.717, 1.165) is 6.92 Å². The number of carbonyl (C=O) groups excluding carboxylic acids is 6. The van der Waals surface area contributed by atoms with Crippen LogP contribution in [0.25, 0.3) is 0 Å². The van der Waals surface area contributed by atoms with Gasteiger partial charge in [-0.15, -0.1) is 0 Å². The second-order valence-corrected chi connectivity index (χ2v) is 17.0. The molecule has 11 atom stereocenters. The predicted octanol–water partition coefficient (Wildman–Crippen LogP) is 3.35. The maximum Gasteiger partial charge on any atom is 0.338 e. The molecule has 3 fully saturated rings. The summed E-state index contributed by atoms with van der Waals surface area (Å²) in [4.78, 5) is 82.5. The van der Waals surface area contributed by atoms with Crippen molar-refractivity contribution in [2.45, 2.75) is 101 Å². The van der Waals surface area contributed by atoms with Gasteiger partial charge in [-0.05, 0) is 54.8 Å². The van der Waals surface area contributed by atoms with Crippen LogP contribution in [0.1, 0.15) is 79.8 Å². The van der Waals surface area contributed by atoms with Crippen molar-refractivity contribution in [1.82, 2.24) is 5.32 Å². The Hall–Kier alpha value is -5.74. The lowest BCUT2D eigenvalue weighted by Crippen LogP contribution is -2.81. The maximum absolute atomic E-state index is 15.3. The van der Waals surface area contributed by atoms with Gasteiger partial charge in [0.1, 0.15) is 23.9 Å². The molecule has 4 N–H and O–H groups in total. The average molecular weight is 840 g/mol. The number of nitrogens with one attached hydrogen (secondary N) is 1. The van der Waals surface area contributed by atoms with Gasteiger partial charge in [-0.2, -0.15) is 0 Å². The first-order valence-corrected chi connectivity index (χ1v) is 20.0.